The number of aromatic carboxylic acids is 1. The van der Waals surface area contributed by atoms with Gasteiger partial charge in [-0.1, -0.05) is 37.6 Å². The molecular formula is C15H16O3. The fraction of sp³-hybridized carbons (Fsp3) is 0.267. The topological polar surface area (TPSA) is 50.4 Å². The second-order valence-corrected chi connectivity index (χ2v) is 4.27. The van der Waals surface area contributed by atoms with Crippen molar-refractivity contribution in [2.24, 2.45) is 0 Å². The van der Waals surface area contributed by atoms with Gasteiger partial charge in [-0.3, -0.25) is 0 Å². The number of benzene rings is 1. The van der Waals surface area contributed by atoms with Crippen molar-refractivity contribution in [2.45, 2.75) is 26.2 Å². The van der Waals surface area contributed by atoms with Crippen LogP contribution in [0.2, 0.25) is 0 Å². The predicted molar refractivity (Wildman–Crippen MR) is 69.7 cm³/mol. The third-order valence-corrected chi connectivity index (χ3v) is 2.94. The van der Waals surface area contributed by atoms with E-state index in [1.807, 2.05) is 24.3 Å². The van der Waals surface area contributed by atoms with E-state index in [9.17, 15) is 4.79 Å². The summed E-state index contributed by atoms with van der Waals surface area (Å²) >= 11 is 0. The second kappa shape index (κ2) is 5.54. The van der Waals surface area contributed by atoms with E-state index in [4.69, 9.17) is 9.52 Å². The fourth-order valence-electron chi connectivity index (χ4n) is 1.93. The smallest absolute Gasteiger partial charge is 0.372 e. The summed E-state index contributed by atoms with van der Waals surface area (Å²) < 4.78 is 4.98. The Labute approximate surface area is 106 Å². The van der Waals surface area contributed by atoms with Gasteiger partial charge in [-0.25, -0.2) is 4.79 Å². The van der Waals surface area contributed by atoms with E-state index >= 15 is 0 Å². The van der Waals surface area contributed by atoms with Gasteiger partial charge in [0.1, 0.15) is 0 Å². The Morgan fingerprint density at radius 1 is 1.22 bits per heavy atom. The molecule has 0 fully saturated rings. The summed E-state index contributed by atoms with van der Waals surface area (Å²) in [6.07, 6.45) is 4.82. The van der Waals surface area contributed by atoms with Crippen LogP contribution in [0.3, 0.4) is 0 Å². The van der Waals surface area contributed by atoms with Crippen LogP contribution in [0.5, 0.6) is 0 Å². The molecule has 1 aromatic carbocycles. The van der Waals surface area contributed by atoms with Crippen molar-refractivity contribution >= 4 is 5.97 Å². The molecule has 0 aliphatic rings. The molecule has 0 unspecified atom stereocenters. The molecule has 0 atom stereocenters. The van der Waals surface area contributed by atoms with Crippen molar-refractivity contribution in [2.75, 3.05) is 0 Å². The van der Waals surface area contributed by atoms with Crippen LogP contribution in [-0.2, 0) is 6.42 Å². The maximum Gasteiger partial charge on any atom is 0.372 e. The number of carbonyl (C=O) groups is 1. The van der Waals surface area contributed by atoms with Crippen LogP contribution in [0.15, 0.2) is 41.0 Å². The Hall–Kier alpha value is -2.03. The summed E-state index contributed by atoms with van der Waals surface area (Å²) in [5, 5.41) is 8.99. The summed E-state index contributed by atoms with van der Waals surface area (Å²) in [6.45, 7) is 2.17. The molecule has 0 saturated carbocycles. The predicted octanol–water partition coefficient (Wildman–Crippen LogP) is 3.99. The molecule has 3 heteroatoms. The zero-order valence-corrected chi connectivity index (χ0v) is 10.3. The Bertz CT molecular complexity index is 523. The van der Waals surface area contributed by atoms with Gasteiger partial charge in [0.2, 0.25) is 5.76 Å². The van der Waals surface area contributed by atoms with Gasteiger partial charge in [-0.2, -0.15) is 0 Å². The summed E-state index contributed by atoms with van der Waals surface area (Å²) in [5.74, 6) is -1.04. The first-order chi connectivity index (χ1) is 8.72. The number of carboxylic acids is 1. The molecule has 0 aliphatic heterocycles. The highest BCUT2D eigenvalue weighted by Gasteiger charge is 2.15. The molecule has 2 aromatic rings. The third-order valence-electron chi connectivity index (χ3n) is 2.94. The molecule has 1 N–H and O–H groups in total. The van der Waals surface area contributed by atoms with E-state index in [1.165, 1.54) is 24.7 Å². The Kier molecular flexibility index (Phi) is 3.82. The standard InChI is InChI=1S/C15H16O3/c1-2-3-4-11-5-7-12(8-6-11)13-9-10-18-14(13)15(16)17/h5-10H,2-4H2,1H3,(H,16,17). The number of rotatable bonds is 5. The van der Waals surface area contributed by atoms with E-state index in [-0.39, 0.29) is 5.76 Å². The second-order valence-electron chi connectivity index (χ2n) is 4.27. The molecule has 94 valence electrons. The first-order valence-electron chi connectivity index (χ1n) is 6.12. The van der Waals surface area contributed by atoms with E-state index < -0.39 is 5.97 Å². The zero-order valence-electron chi connectivity index (χ0n) is 10.3. The Morgan fingerprint density at radius 2 is 1.94 bits per heavy atom. The molecule has 1 heterocycles. The van der Waals surface area contributed by atoms with Crippen molar-refractivity contribution in [3.05, 3.63) is 47.9 Å². The fourth-order valence-corrected chi connectivity index (χ4v) is 1.93. The lowest BCUT2D eigenvalue weighted by atomic mass is 10.0. The largest absolute Gasteiger partial charge is 0.475 e. The number of hydrogen-bond acceptors (Lipinski definition) is 2. The number of aryl methyl sites for hydroxylation is 1. The van der Waals surface area contributed by atoms with Gasteiger partial charge in [0, 0.05) is 5.56 Å². The normalized spacial score (nSPS) is 10.5. The Morgan fingerprint density at radius 3 is 2.56 bits per heavy atom. The van der Waals surface area contributed by atoms with Crippen molar-refractivity contribution < 1.29 is 14.3 Å². The minimum absolute atomic E-state index is 0.00342. The lowest BCUT2D eigenvalue weighted by Crippen LogP contribution is -1.95. The average molecular weight is 244 g/mol. The van der Waals surface area contributed by atoms with E-state index in [0.29, 0.717) is 5.56 Å². The summed E-state index contributed by atoms with van der Waals surface area (Å²) in [5.41, 5.74) is 2.78. The van der Waals surface area contributed by atoms with Gasteiger partial charge in [-0.05, 0) is 30.0 Å². The summed E-state index contributed by atoms with van der Waals surface area (Å²) in [7, 11) is 0. The minimum atomic E-state index is -1.04. The molecule has 2 rings (SSSR count). The lowest BCUT2D eigenvalue weighted by Gasteiger charge is -2.03. The van der Waals surface area contributed by atoms with Gasteiger partial charge >= 0.3 is 5.97 Å². The maximum atomic E-state index is 11.0. The average Bonchev–Trinajstić information content (AvgIpc) is 2.86. The molecule has 0 saturated heterocycles. The number of carboxylic acid groups (broad SMARTS) is 1. The molecule has 0 aliphatic carbocycles. The SMILES string of the molecule is CCCCc1ccc(-c2ccoc2C(=O)O)cc1. The van der Waals surface area contributed by atoms with Gasteiger partial charge in [0.15, 0.2) is 0 Å². The van der Waals surface area contributed by atoms with E-state index in [0.717, 1.165) is 12.0 Å². The highest BCUT2D eigenvalue weighted by molar-refractivity contribution is 5.93. The van der Waals surface area contributed by atoms with Crippen molar-refractivity contribution in [3.63, 3.8) is 0 Å². The molecule has 0 spiro atoms. The van der Waals surface area contributed by atoms with Crippen LogP contribution in [0.1, 0.15) is 35.9 Å². The zero-order chi connectivity index (χ0) is 13.0. The third kappa shape index (κ3) is 2.62. The number of unbranched alkanes of at least 4 members (excludes halogenated alkanes) is 1. The highest BCUT2D eigenvalue weighted by Crippen LogP contribution is 2.25. The van der Waals surface area contributed by atoms with Crippen molar-refractivity contribution in [3.8, 4) is 11.1 Å². The number of hydrogen-bond donors (Lipinski definition) is 1. The van der Waals surface area contributed by atoms with Gasteiger partial charge < -0.3 is 9.52 Å². The van der Waals surface area contributed by atoms with Crippen LogP contribution < -0.4 is 0 Å². The van der Waals surface area contributed by atoms with Gasteiger partial charge in [0.25, 0.3) is 0 Å². The first kappa shape index (κ1) is 12.4. The van der Waals surface area contributed by atoms with E-state index in [1.54, 1.807) is 6.07 Å². The lowest BCUT2D eigenvalue weighted by molar-refractivity contribution is 0.0663. The molecule has 3 nitrogen and oxygen atoms in total. The van der Waals surface area contributed by atoms with Crippen LogP contribution in [-0.4, -0.2) is 11.1 Å². The Balaban J connectivity index is 2.23. The molecular weight excluding hydrogens is 228 g/mol. The molecule has 0 bridgehead atoms. The van der Waals surface area contributed by atoms with Crippen molar-refractivity contribution in [1.29, 1.82) is 0 Å². The minimum Gasteiger partial charge on any atom is -0.475 e. The maximum absolute atomic E-state index is 11.0. The first-order valence-corrected chi connectivity index (χ1v) is 6.12. The van der Waals surface area contributed by atoms with Crippen LogP contribution in [0, 0.1) is 0 Å². The van der Waals surface area contributed by atoms with Crippen molar-refractivity contribution in [1.82, 2.24) is 0 Å². The van der Waals surface area contributed by atoms with E-state index in [2.05, 4.69) is 6.92 Å². The monoisotopic (exact) mass is 244 g/mol. The molecule has 1 aromatic heterocycles. The van der Waals surface area contributed by atoms with Crippen LogP contribution in [0.4, 0.5) is 0 Å². The van der Waals surface area contributed by atoms with Gasteiger partial charge in [0.05, 0.1) is 6.26 Å². The quantitative estimate of drug-likeness (QED) is 0.865. The molecule has 0 radical (unpaired) electrons. The molecule has 18 heavy (non-hydrogen) atoms. The summed E-state index contributed by atoms with van der Waals surface area (Å²) in [4.78, 5) is 11.0. The number of furan rings is 1. The highest BCUT2D eigenvalue weighted by atomic mass is 16.4. The van der Waals surface area contributed by atoms with Crippen LogP contribution >= 0.6 is 0 Å². The van der Waals surface area contributed by atoms with Crippen LogP contribution in [0.25, 0.3) is 11.1 Å². The van der Waals surface area contributed by atoms with Gasteiger partial charge in [-0.15, -0.1) is 0 Å². The molecule has 0 amide bonds. The summed E-state index contributed by atoms with van der Waals surface area (Å²) in [6, 6.07) is 9.67.